The molecule has 1 nitrogen and oxygen atoms in total. The SMILES string of the molecule is CCCNC(c1sccc1C)C1CCC(F)(F)CC1. The Morgan fingerprint density at radius 1 is 1.42 bits per heavy atom. The van der Waals surface area contributed by atoms with Crippen molar-refractivity contribution in [1.29, 1.82) is 0 Å². The van der Waals surface area contributed by atoms with Gasteiger partial charge in [0.2, 0.25) is 5.92 Å². The number of alkyl halides is 2. The van der Waals surface area contributed by atoms with Gasteiger partial charge in [-0.2, -0.15) is 0 Å². The second kappa shape index (κ2) is 6.31. The first-order chi connectivity index (χ1) is 9.03. The molecule has 0 bridgehead atoms. The van der Waals surface area contributed by atoms with Crippen molar-refractivity contribution >= 4 is 11.3 Å². The lowest BCUT2D eigenvalue weighted by Gasteiger charge is -2.34. The van der Waals surface area contributed by atoms with Crippen molar-refractivity contribution in [2.45, 2.75) is 57.9 Å². The van der Waals surface area contributed by atoms with Crippen LogP contribution in [-0.2, 0) is 0 Å². The van der Waals surface area contributed by atoms with E-state index in [1.807, 2.05) is 0 Å². The molecule has 0 saturated heterocycles. The van der Waals surface area contributed by atoms with Crippen molar-refractivity contribution in [3.05, 3.63) is 21.9 Å². The van der Waals surface area contributed by atoms with Crippen molar-refractivity contribution in [3.63, 3.8) is 0 Å². The van der Waals surface area contributed by atoms with Gasteiger partial charge >= 0.3 is 0 Å². The fourth-order valence-corrected chi connectivity index (χ4v) is 3.97. The monoisotopic (exact) mass is 287 g/mol. The van der Waals surface area contributed by atoms with Crippen LogP contribution in [0.1, 0.15) is 55.5 Å². The van der Waals surface area contributed by atoms with Gasteiger partial charge in [0.1, 0.15) is 0 Å². The number of rotatable bonds is 5. The Kier molecular flexibility index (Phi) is 4.96. The molecule has 1 aliphatic carbocycles. The number of thiophene rings is 1. The first kappa shape index (κ1) is 14.9. The highest BCUT2D eigenvalue weighted by atomic mass is 32.1. The normalized spacial score (nSPS) is 21.5. The molecule has 108 valence electrons. The van der Waals surface area contributed by atoms with Gasteiger partial charge in [0.05, 0.1) is 0 Å². The van der Waals surface area contributed by atoms with Crippen molar-refractivity contribution in [2.24, 2.45) is 5.92 Å². The average molecular weight is 287 g/mol. The smallest absolute Gasteiger partial charge is 0.248 e. The summed E-state index contributed by atoms with van der Waals surface area (Å²) < 4.78 is 26.6. The van der Waals surface area contributed by atoms with Gasteiger partial charge in [-0.05, 0) is 55.7 Å². The van der Waals surface area contributed by atoms with Gasteiger partial charge < -0.3 is 5.32 Å². The zero-order chi connectivity index (χ0) is 13.9. The number of halogens is 2. The summed E-state index contributed by atoms with van der Waals surface area (Å²) in [6.45, 7) is 5.21. The second-order valence-electron chi connectivity index (χ2n) is 5.59. The molecule has 4 heteroatoms. The van der Waals surface area contributed by atoms with Crippen molar-refractivity contribution in [3.8, 4) is 0 Å². The van der Waals surface area contributed by atoms with E-state index in [2.05, 4.69) is 30.6 Å². The summed E-state index contributed by atoms with van der Waals surface area (Å²) >= 11 is 1.75. The molecule has 0 amide bonds. The molecule has 19 heavy (non-hydrogen) atoms. The second-order valence-corrected chi connectivity index (χ2v) is 6.54. The minimum Gasteiger partial charge on any atom is -0.309 e. The van der Waals surface area contributed by atoms with Crippen LogP contribution < -0.4 is 5.32 Å². The molecule has 1 heterocycles. The summed E-state index contributed by atoms with van der Waals surface area (Å²) in [5.41, 5.74) is 1.29. The minimum atomic E-state index is -2.43. The minimum absolute atomic E-state index is 0.0480. The summed E-state index contributed by atoms with van der Waals surface area (Å²) in [5, 5.41) is 5.68. The van der Waals surface area contributed by atoms with Gasteiger partial charge in [-0.15, -0.1) is 11.3 Å². The molecule has 0 radical (unpaired) electrons. The zero-order valence-corrected chi connectivity index (χ0v) is 12.5. The first-order valence-corrected chi connectivity index (χ1v) is 8.06. The topological polar surface area (TPSA) is 12.0 Å². The summed E-state index contributed by atoms with van der Waals surface area (Å²) in [6, 6.07) is 2.38. The third-order valence-corrected chi connectivity index (χ3v) is 5.13. The molecule has 0 aliphatic heterocycles. The molecule has 0 spiro atoms. The van der Waals surface area contributed by atoms with E-state index in [-0.39, 0.29) is 18.9 Å². The molecule has 1 atom stereocenters. The van der Waals surface area contributed by atoms with E-state index in [1.165, 1.54) is 10.4 Å². The standard InChI is InChI=1S/C15H23F2NS/c1-3-9-18-13(14-11(2)6-10-19-14)12-4-7-15(16,17)8-5-12/h6,10,12-13,18H,3-5,7-9H2,1-2H3. The largest absolute Gasteiger partial charge is 0.309 e. The maximum atomic E-state index is 13.3. The van der Waals surface area contributed by atoms with Crippen LogP contribution in [0.2, 0.25) is 0 Å². The third kappa shape index (κ3) is 3.76. The fraction of sp³-hybridized carbons (Fsp3) is 0.733. The van der Waals surface area contributed by atoms with E-state index in [9.17, 15) is 8.78 Å². The maximum absolute atomic E-state index is 13.3. The summed E-state index contributed by atoms with van der Waals surface area (Å²) in [7, 11) is 0. The summed E-state index contributed by atoms with van der Waals surface area (Å²) in [5.74, 6) is -2.08. The Hall–Kier alpha value is -0.480. The van der Waals surface area contributed by atoms with Crippen LogP contribution in [0.5, 0.6) is 0 Å². The van der Waals surface area contributed by atoms with Gasteiger partial charge in [0.25, 0.3) is 0 Å². The van der Waals surface area contributed by atoms with Gasteiger partial charge in [-0.1, -0.05) is 6.92 Å². The Bertz CT molecular complexity index is 393. The van der Waals surface area contributed by atoms with E-state index in [0.29, 0.717) is 18.8 Å². The van der Waals surface area contributed by atoms with Crippen LogP contribution in [0.25, 0.3) is 0 Å². The highest BCUT2D eigenvalue weighted by Gasteiger charge is 2.38. The van der Waals surface area contributed by atoms with Crippen molar-refractivity contribution < 1.29 is 8.78 Å². The van der Waals surface area contributed by atoms with Gasteiger partial charge in [0.15, 0.2) is 0 Å². The molecular formula is C15H23F2NS. The molecule has 2 rings (SSSR count). The Balaban J connectivity index is 2.08. The number of aryl methyl sites for hydroxylation is 1. The van der Waals surface area contributed by atoms with Gasteiger partial charge in [-0.3, -0.25) is 0 Å². The van der Waals surface area contributed by atoms with Gasteiger partial charge in [0, 0.05) is 23.8 Å². The van der Waals surface area contributed by atoms with E-state index in [1.54, 1.807) is 11.3 Å². The van der Waals surface area contributed by atoms with E-state index < -0.39 is 5.92 Å². The van der Waals surface area contributed by atoms with Crippen LogP contribution >= 0.6 is 11.3 Å². The molecule has 1 saturated carbocycles. The lowest BCUT2D eigenvalue weighted by atomic mass is 9.81. The van der Waals surface area contributed by atoms with Gasteiger partial charge in [-0.25, -0.2) is 8.78 Å². The predicted octanol–water partition coefficient (Wildman–Crippen LogP) is 4.92. The number of hydrogen-bond donors (Lipinski definition) is 1. The van der Waals surface area contributed by atoms with E-state index in [4.69, 9.17) is 0 Å². The first-order valence-electron chi connectivity index (χ1n) is 7.18. The lowest BCUT2D eigenvalue weighted by Crippen LogP contribution is -2.34. The van der Waals surface area contributed by atoms with E-state index >= 15 is 0 Å². The Labute approximate surface area is 118 Å². The summed E-state index contributed by atoms with van der Waals surface area (Å²) in [6.07, 6.45) is 2.43. The Morgan fingerprint density at radius 2 is 2.11 bits per heavy atom. The molecular weight excluding hydrogens is 264 g/mol. The van der Waals surface area contributed by atoms with E-state index in [0.717, 1.165) is 13.0 Å². The van der Waals surface area contributed by atoms with Crippen LogP contribution in [0.15, 0.2) is 11.4 Å². The van der Waals surface area contributed by atoms with Crippen molar-refractivity contribution in [1.82, 2.24) is 5.32 Å². The molecule has 1 fully saturated rings. The molecule has 1 unspecified atom stereocenters. The van der Waals surface area contributed by atoms with Crippen LogP contribution in [0.3, 0.4) is 0 Å². The molecule has 1 N–H and O–H groups in total. The van der Waals surface area contributed by atoms with Crippen LogP contribution in [0.4, 0.5) is 8.78 Å². The quantitative estimate of drug-likeness (QED) is 0.810. The summed E-state index contributed by atoms with van der Waals surface area (Å²) in [4.78, 5) is 1.34. The van der Waals surface area contributed by atoms with Crippen molar-refractivity contribution in [2.75, 3.05) is 6.54 Å². The average Bonchev–Trinajstić information content (AvgIpc) is 2.78. The highest BCUT2D eigenvalue weighted by Crippen LogP contribution is 2.42. The number of hydrogen-bond acceptors (Lipinski definition) is 2. The number of nitrogens with one attached hydrogen (secondary N) is 1. The highest BCUT2D eigenvalue weighted by molar-refractivity contribution is 7.10. The van der Waals surface area contributed by atoms with Crippen LogP contribution in [-0.4, -0.2) is 12.5 Å². The maximum Gasteiger partial charge on any atom is 0.248 e. The fourth-order valence-electron chi connectivity index (χ4n) is 2.87. The third-order valence-electron chi connectivity index (χ3n) is 4.03. The lowest BCUT2D eigenvalue weighted by molar-refractivity contribution is -0.0496. The molecule has 0 aromatic carbocycles. The molecule has 1 aliphatic rings. The Morgan fingerprint density at radius 3 is 2.63 bits per heavy atom. The predicted molar refractivity (Wildman–Crippen MR) is 77.0 cm³/mol. The van der Waals surface area contributed by atoms with Crippen LogP contribution in [0, 0.1) is 12.8 Å². The zero-order valence-electron chi connectivity index (χ0n) is 11.7. The molecule has 1 aromatic heterocycles. The molecule has 1 aromatic rings.